The van der Waals surface area contributed by atoms with Gasteiger partial charge >= 0.3 is 5.97 Å². The van der Waals surface area contributed by atoms with Crippen LogP contribution in [0.3, 0.4) is 0 Å². The molecule has 0 spiro atoms. The van der Waals surface area contributed by atoms with E-state index >= 15 is 0 Å². The Morgan fingerprint density at radius 2 is 1.05 bits per heavy atom. The molecule has 0 aromatic rings. The van der Waals surface area contributed by atoms with Gasteiger partial charge in [-0.25, -0.2) is 0 Å². The summed E-state index contributed by atoms with van der Waals surface area (Å²) in [6.07, 6.45) is -0.868. The van der Waals surface area contributed by atoms with E-state index in [1.807, 2.05) is 0 Å². The first kappa shape index (κ1) is 52.0. The van der Waals surface area contributed by atoms with Gasteiger partial charge in [0.25, 0.3) is 0 Å². The van der Waals surface area contributed by atoms with E-state index in [4.69, 9.17) is 28.0 Å². The lowest BCUT2D eigenvalue weighted by molar-refractivity contribution is -0.137. The number of hydrogen-bond acceptors (Lipinski definition) is 15. The minimum absolute atomic E-state index is 0.00352. The smallest absolute Gasteiger partial charge is 0.303 e. The average molecular weight is 833 g/mol. The van der Waals surface area contributed by atoms with Crippen molar-refractivity contribution in [2.75, 3.05) is 39.4 Å². The van der Waals surface area contributed by atoms with Gasteiger partial charge in [-0.1, -0.05) is 0 Å². The van der Waals surface area contributed by atoms with Crippen molar-refractivity contribution >= 4 is 65.0 Å². The summed E-state index contributed by atoms with van der Waals surface area (Å²) in [7, 11) is 0. The van der Waals surface area contributed by atoms with Crippen LogP contribution < -0.4 is 65.5 Å². The summed E-state index contributed by atoms with van der Waals surface area (Å²) in [5.74, 6) is -10.2. The highest BCUT2D eigenvalue weighted by molar-refractivity contribution is 5.97. The molecular formula is C32H56N12O14. The summed E-state index contributed by atoms with van der Waals surface area (Å²) in [6, 6.07) is -8.49. The molecule has 0 bridgehead atoms. The second kappa shape index (κ2) is 28.4. The number of aliphatic hydroxyl groups is 2. The third-order valence-electron chi connectivity index (χ3n) is 7.84. The molecule has 0 radical (unpaired) electrons. The normalized spacial score (nSPS) is 13.7. The van der Waals surface area contributed by atoms with Gasteiger partial charge in [-0.3, -0.25) is 52.7 Å². The number of rotatable bonds is 30. The fourth-order valence-electron chi connectivity index (χ4n) is 4.55. The molecule has 19 N–H and O–H groups in total. The SMILES string of the molecule is C[C@H](NC(=O)[C@@H](N)CCC(=O)O)C(=O)N[C@@H](CCCCN)C(=O)N[C@@H](CO)C(=O)N[C@@H](CCC(N)=O)C(=O)NCC(=O)NCC(=O)N[C@@H](CO)C(=O)NCCC(N)=O. The van der Waals surface area contributed by atoms with Crippen molar-refractivity contribution in [1.82, 2.24) is 42.5 Å². The van der Waals surface area contributed by atoms with Gasteiger partial charge in [-0.05, 0) is 45.6 Å². The Labute approximate surface area is 332 Å². The summed E-state index contributed by atoms with van der Waals surface area (Å²) < 4.78 is 0. The molecule has 0 fully saturated rings. The second-order valence-electron chi connectivity index (χ2n) is 12.7. The van der Waals surface area contributed by atoms with E-state index in [1.54, 1.807) is 0 Å². The fourth-order valence-corrected chi connectivity index (χ4v) is 4.55. The molecule has 0 aromatic carbocycles. The predicted octanol–water partition coefficient (Wildman–Crippen LogP) is -8.77. The van der Waals surface area contributed by atoms with Gasteiger partial charge < -0.3 is 80.8 Å². The molecule has 0 aromatic heterocycles. The number of carboxylic acid groups (broad SMARTS) is 1. The maximum atomic E-state index is 13.3. The number of nitrogens with one attached hydrogen (secondary N) is 8. The van der Waals surface area contributed by atoms with Crippen LogP contribution >= 0.6 is 0 Å². The average Bonchev–Trinajstić information content (AvgIpc) is 3.16. The Morgan fingerprint density at radius 3 is 1.62 bits per heavy atom. The lowest BCUT2D eigenvalue weighted by Gasteiger charge is -2.25. The van der Waals surface area contributed by atoms with Crippen LogP contribution in [0.15, 0.2) is 0 Å². The molecule has 0 aliphatic rings. The van der Waals surface area contributed by atoms with Gasteiger partial charge in [0, 0.05) is 25.8 Å². The minimum atomic E-state index is -1.72. The maximum Gasteiger partial charge on any atom is 0.303 e. The third kappa shape index (κ3) is 22.5. The largest absolute Gasteiger partial charge is 0.481 e. The molecule has 0 aliphatic carbocycles. The van der Waals surface area contributed by atoms with E-state index in [-0.39, 0.29) is 32.4 Å². The zero-order valence-corrected chi connectivity index (χ0v) is 32.0. The van der Waals surface area contributed by atoms with E-state index < -0.39 is 147 Å². The Morgan fingerprint density at radius 1 is 0.534 bits per heavy atom. The molecule has 0 unspecified atom stereocenters. The summed E-state index contributed by atoms with van der Waals surface area (Å²) in [4.78, 5) is 134. The van der Waals surface area contributed by atoms with Gasteiger partial charge in [-0.15, -0.1) is 0 Å². The van der Waals surface area contributed by atoms with E-state index in [2.05, 4.69) is 42.5 Å². The van der Waals surface area contributed by atoms with E-state index in [1.165, 1.54) is 6.92 Å². The molecule has 0 aliphatic heterocycles. The first-order valence-corrected chi connectivity index (χ1v) is 18.0. The van der Waals surface area contributed by atoms with Gasteiger partial charge in [-0.2, -0.15) is 0 Å². The van der Waals surface area contributed by atoms with Crippen molar-refractivity contribution in [2.45, 2.75) is 94.5 Å². The van der Waals surface area contributed by atoms with Crippen LogP contribution in [0.1, 0.15) is 58.3 Å². The number of carboxylic acids is 1. The maximum absolute atomic E-state index is 13.3. The number of nitrogens with two attached hydrogens (primary N) is 4. The number of carbonyl (C=O) groups excluding carboxylic acids is 10. The van der Waals surface area contributed by atoms with Crippen molar-refractivity contribution in [3.8, 4) is 0 Å². The summed E-state index contributed by atoms with van der Waals surface area (Å²) >= 11 is 0. The highest BCUT2D eigenvalue weighted by Gasteiger charge is 2.31. The van der Waals surface area contributed by atoms with Crippen LogP contribution in [-0.2, 0) is 52.7 Å². The lowest BCUT2D eigenvalue weighted by Crippen LogP contribution is -2.59. The molecule has 58 heavy (non-hydrogen) atoms. The molecule has 6 atom stereocenters. The Balaban J connectivity index is 5.48. The topological polar surface area (TPSA) is 449 Å². The standard InChI is InChI=1S/C32H56N12O14/c1-16(40-28(54)17(34)5-8-26(51)52)27(53)42-18(4-2-3-10-33)31(57)44-21(15-46)32(58)43-19(6-7-22(35)47)29(55)39-12-24(49)38-13-25(50)41-20(14-45)30(56)37-11-9-23(36)48/h16-21,45-46H,2-15,33-34H2,1H3,(H2,35,47)(H2,36,48)(H,37,56)(H,38,49)(H,39,55)(H,40,54)(H,41,50)(H,42,53)(H,43,58)(H,44,57)(H,51,52)/t16-,17-,18-,19-,20-,21-/m0/s1. The number of aliphatic carboxylic acids is 1. The molecule has 0 rings (SSSR count). The van der Waals surface area contributed by atoms with Crippen LogP contribution in [0, 0.1) is 0 Å². The molecule has 328 valence electrons. The molecule has 0 heterocycles. The fraction of sp³-hybridized carbons (Fsp3) is 0.656. The van der Waals surface area contributed by atoms with Crippen molar-refractivity contribution in [2.24, 2.45) is 22.9 Å². The lowest BCUT2D eigenvalue weighted by atomic mass is 10.1. The van der Waals surface area contributed by atoms with Crippen LogP contribution in [0.4, 0.5) is 0 Å². The molecule has 0 saturated carbocycles. The number of amides is 10. The number of primary amides is 2. The molecule has 10 amide bonds. The zero-order valence-electron chi connectivity index (χ0n) is 32.0. The molecule has 0 saturated heterocycles. The Bertz CT molecular complexity index is 1470. The van der Waals surface area contributed by atoms with E-state index in [0.29, 0.717) is 12.8 Å². The molecular weight excluding hydrogens is 776 g/mol. The number of carbonyl (C=O) groups is 11. The van der Waals surface area contributed by atoms with Gasteiger partial charge in [0.05, 0.1) is 32.3 Å². The summed E-state index contributed by atoms with van der Waals surface area (Å²) in [5.41, 5.74) is 21.4. The van der Waals surface area contributed by atoms with Crippen molar-refractivity contribution in [3.63, 3.8) is 0 Å². The van der Waals surface area contributed by atoms with Crippen molar-refractivity contribution < 1.29 is 68.1 Å². The number of hydrogen-bond donors (Lipinski definition) is 15. The van der Waals surface area contributed by atoms with Crippen LogP contribution in [-0.4, -0.2) is 156 Å². The molecule has 26 heteroatoms. The number of unbranched alkanes of at least 4 members (excludes halogenated alkanes) is 1. The van der Waals surface area contributed by atoms with Crippen LogP contribution in [0.2, 0.25) is 0 Å². The summed E-state index contributed by atoms with van der Waals surface area (Å²) in [6.45, 7) is -1.93. The predicted molar refractivity (Wildman–Crippen MR) is 199 cm³/mol. The monoisotopic (exact) mass is 832 g/mol. The highest BCUT2D eigenvalue weighted by Crippen LogP contribution is 2.05. The third-order valence-corrected chi connectivity index (χ3v) is 7.84. The van der Waals surface area contributed by atoms with Crippen molar-refractivity contribution in [3.05, 3.63) is 0 Å². The second-order valence-corrected chi connectivity index (χ2v) is 12.7. The Hall–Kier alpha value is -5.99. The van der Waals surface area contributed by atoms with E-state index in [0.717, 1.165) is 0 Å². The van der Waals surface area contributed by atoms with Crippen molar-refractivity contribution in [1.29, 1.82) is 0 Å². The Kier molecular flexibility index (Phi) is 25.5. The summed E-state index contributed by atoms with van der Waals surface area (Å²) in [5, 5.41) is 46.2. The highest BCUT2D eigenvalue weighted by atomic mass is 16.4. The van der Waals surface area contributed by atoms with Crippen LogP contribution in [0.25, 0.3) is 0 Å². The minimum Gasteiger partial charge on any atom is -0.481 e. The van der Waals surface area contributed by atoms with Gasteiger partial charge in [0.2, 0.25) is 59.1 Å². The van der Waals surface area contributed by atoms with Gasteiger partial charge in [0.15, 0.2) is 0 Å². The first-order valence-electron chi connectivity index (χ1n) is 18.0. The van der Waals surface area contributed by atoms with Gasteiger partial charge in [0.1, 0.15) is 30.2 Å². The number of aliphatic hydroxyl groups excluding tert-OH is 2. The molecule has 26 nitrogen and oxygen atoms in total. The zero-order chi connectivity index (χ0) is 44.4. The van der Waals surface area contributed by atoms with Crippen LogP contribution in [0.5, 0.6) is 0 Å². The van der Waals surface area contributed by atoms with E-state index in [9.17, 15) is 63.0 Å². The first-order chi connectivity index (χ1) is 27.2. The quantitative estimate of drug-likeness (QED) is 0.0299.